The third-order valence-electron chi connectivity index (χ3n) is 1.81. The maximum absolute atomic E-state index is 11.2. The second-order valence-electron chi connectivity index (χ2n) is 3.18. The number of sulfonamides is 1. The molecule has 8 heteroatoms. The standard InChI is InChI=1S/C9H14N2O4S2/c1-2-15-6-8(12)11-5-7-3-4-9(16-7)17(10,13)14/h3-4H,2,5-6H2,1H3,(H,11,12)(H2,10,13,14). The van der Waals surface area contributed by atoms with E-state index in [1.165, 1.54) is 6.07 Å². The molecule has 6 nitrogen and oxygen atoms in total. The van der Waals surface area contributed by atoms with Crippen LogP contribution in [0.2, 0.25) is 0 Å². The van der Waals surface area contributed by atoms with Gasteiger partial charge >= 0.3 is 0 Å². The first kappa shape index (κ1) is 14.1. The average molecular weight is 278 g/mol. The van der Waals surface area contributed by atoms with Gasteiger partial charge in [-0.2, -0.15) is 0 Å². The first-order chi connectivity index (χ1) is 7.93. The van der Waals surface area contributed by atoms with Crippen LogP contribution in [0.5, 0.6) is 0 Å². The van der Waals surface area contributed by atoms with Gasteiger partial charge in [0.05, 0.1) is 6.54 Å². The van der Waals surface area contributed by atoms with Crippen molar-refractivity contribution >= 4 is 27.3 Å². The molecule has 0 aliphatic heterocycles. The van der Waals surface area contributed by atoms with Crippen LogP contribution in [0.1, 0.15) is 11.8 Å². The molecule has 1 aromatic heterocycles. The first-order valence-electron chi connectivity index (χ1n) is 4.89. The van der Waals surface area contributed by atoms with Crippen molar-refractivity contribution in [2.45, 2.75) is 17.7 Å². The topological polar surface area (TPSA) is 98.5 Å². The molecule has 0 fully saturated rings. The largest absolute Gasteiger partial charge is 0.372 e. The summed E-state index contributed by atoms with van der Waals surface area (Å²) in [5.74, 6) is -0.239. The molecule has 1 amide bonds. The number of nitrogens with one attached hydrogen (secondary N) is 1. The molecule has 96 valence electrons. The van der Waals surface area contributed by atoms with Crippen molar-refractivity contribution in [2.24, 2.45) is 5.14 Å². The summed E-state index contributed by atoms with van der Waals surface area (Å²) < 4.78 is 27.0. The highest BCUT2D eigenvalue weighted by atomic mass is 32.2. The van der Waals surface area contributed by atoms with Gasteiger partial charge in [-0.1, -0.05) is 0 Å². The van der Waals surface area contributed by atoms with E-state index < -0.39 is 10.0 Å². The summed E-state index contributed by atoms with van der Waals surface area (Å²) in [5, 5.41) is 7.58. The highest BCUT2D eigenvalue weighted by molar-refractivity contribution is 7.91. The van der Waals surface area contributed by atoms with Crippen molar-refractivity contribution in [3.63, 3.8) is 0 Å². The lowest BCUT2D eigenvalue weighted by Gasteiger charge is -2.02. The van der Waals surface area contributed by atoms with E-state index in [0.29, 0.717) is 6.61 Å². The number of rotatable bonds is 6. The van der Waals surface area contributed by atoms with Crippen LogP contribution in [0.15, 0.2) is 16.3 Å². The van der Waals surface area contributed by atoms with Crippen LogP contribution < -0.4 is 10.5 Å². The van der Waals surface area contributed by atoms with Crippen LogP contribution in [0.3, 0.4) is 0 Å². The number of thiophene rings is 1. The Morgan fingerprint density at radius 2 is 2.24 bits per heavy atom. The quantitative estimate of drug-likeness (QED) is 0.768. The van der Waals surface area contributed by atoms with Gasteiger partial charge in [0.2, 0.25) is 15.9 Å². The summed E-state index contributed by atoms with van der Waals surface area (Å²) in [6.07, 6.45) is 0. The van der Waals surface area contributed by atoms with Gasteiger partial charge in [0.1, 0.15) is 10.8 Å². The number of carbonyl (C=O) groups excluding carboxylic acids is 1. The fourth-order valence-electron chi connectivity index (χ4n) is 1.04. The van der Waals surface area contributed by atoms with Gasteiger partial charge < -0.3 is 10.1 Å². The lowest BCUT2D eigenvalue weighted by Crippen LogP contribution is -2.26. The van der Waals surface area contributed by atoms with Gasteiger partial charge in [0.15, 0.2) is 0 Å². The molecule has 0 bridgehead atoms. The molecular weight excluding hydrogens is 264 g/mol. The minimum Gasteiger partial charge on any atom is -0.372 e. The summed E-state index contributed by atoms with van der Waals surface area (Å²) in [6.45, 7) is 2.54. The number of carbonyl (C=O) groups is 1. The van der Waals surface area contributed by atoms with E-state index in [1.54, 1.807) is 13.0 Å². The molecule has 17 heavy (non-hydrogen) atoms. The fraction of sp³-hybridized carbons (Fsp3) is 0.444. The summed E-state index contributed by atoms with van der Waals surface area (Å²) in [7, 11) is -3.65. The summed E-state index contributed by atoms with van der Waals surface area (Å²) in [6, 6.07) is 3.04. The molecule has 1 heterocycles. The molecule has 0 saturated heterocycles. The van der Waals surface area contributed by atoms with Crippen molar-refractivity contribution < 1.29 is 17.9 Å². The molecule has 0 radical (unpaired) electrons. The van der Waals surface area contributed by atoms with Crippen LogP contribution in [0.25, 0.3) is 0 Å². The predicted molar refractivity (Wildman–Crippen MR) is 64.0 cm³/mol. The third-order valence-corrected chi connectivity index (χ3v) is 4.34. The SMILES string of the molecule is CCOCC(=O)NCc1ccc(S(N)(=O)=O)s1. The molecular formula is C9H14N2O4S2. The van der Waals surface area contributed by atoms with E-state index in [-0.39, 0.29) is 23.3 Å². The maximum atomic E-state index is 11.2. The van der Waals surface area contributed by atoms with E-state index >= 15 is 0 Å². The zero-order valence-corrected chi connectivity index (χ0v) is 10.9. The van der Waals surface area contributed by atoms with Crippen LogP contribution in [0, 0.1) is 0 Å². The van der Waals surface area contributed by atoms with Crippen LogP contribution in [0.4, 0.5) is 0 Å². The highest BCUT2D eigenvalue weighted by Gasteiger charge is 2.11. The van der Waals surface area contributed by atoms with Crippen molar-refractivity contribution in [1.29, 1.82) is 0 Å². The lowest BCUT2D eigenvalue weighted by molar-refractivity contribution is -0.125. The number of primary sulfonamides is 1. The van der Waals surface area contributed by atoms with Crippen LogP contribution >= 0.6 is 11.3 Å². The number of nitrogens with two attached hydrogens (primary N) is 1. The van der Waals surface area contributed by atoms with E-state index in [4.69, 9.17) is 9.88 Å². The monoisotopic (exact) mass is 278 g/mol. The summed E-state index contributed by atoms with van der Waals surface area (Å²) in [4.78, 5) is 11.9. The molecule has 1 rings (SSSR count). The Morgan fingerprint density at radius 1 is 1.53 bits per heavy atom. The van der Waals surface area contributed by atoms with Gasteiger partial charge in [0, 0.05) is 11.5 Å². The molecule has 0 atom stereocenters. The van der Waals surface area contributed by atoms with E-state index in [0.717, 1.165) is 16.2 Å². The molecule has 0 aromatic carbocycles. The Labute approximate surface area is 104 Å². The molecule has 0 aliphatic carbocycles. The zero-order chi connectivity index (χ0) is 12.9. The molecule has 0 aliphatic rings. The second-order valence-corrected chi connectivity index (χ2v) is 6.14. The van der Waals surface area contributed by atoms with Gasteiger partial charge in [0.25, 0.3) is 0 Å². The third kappa shape index (κ3) is 4.82. The zero-order valence-electron chi connectivity index (χ0n) is 9.30. The molecule has 0 spiro atoms. The van der Waals surface area contributed by atoms with Gasteiger partial charge in [-0.25, -0.2) is 13.6 Å². The van der Waals surface area contributed by atoms with Crippen molar-refractivity contribution in [3.05, 3.63) is 17.0 Å². The molecule has 3 N–H and O–H groups in total. The van der Waals surface area contributed by atoms with Crippen molar-refractivity contribution in [1.82, 2.24) is 5.32 Å². The van der Waals surface area contributed by atoms with E-state index in [1.807, 2.05) is 0 Å². The second kappa shape index (κ2) is 6.10. The Bertz CT molecular complexity index is 481. The normalized spacial score (nSPS) is 11.4. The summed E-state index contributed by atoms with van der Waals surface area (Å²) >= 11 is 1.04. The number of ether oxygens (including phenoxy) is 1. The van der Waals surface area contributed by atoms with E-state index in [9.17, 15) is 13.2 Å². The van der Waals surface area contributed by atoms with Gasteiger partial charge in [-0.15, -0.1) is 11.3 Å². The minimum absolute atomic E-state index is 0.00389. The number of amides is 1. The van der Waals surface area contributed by atoms with Crippen molar-refractivity contribution in [2.75, 3.05) is 13.2 Å². The average Bonchev–Trinajstić information content (AvgIpc) is 2.71. The highest BCUT2D eigenvalue weighted by Crippen LogP contribution is 2.19. The minimum atomic E-state index is -3.65. The lowest BCUT2D eigenvalue weighted by atomic mass is 10.4. The Hall–Kier alpha value is -0.960. The van der Waals surface area contributed by atoms with Crippen molar-refractivity contribution in [3.8, 4) is 0 Å². The number of hydrogen-bond acceptors (Lipinski definition) is 5. The van der Waals surface area contributed by atoms with Gasteiger partial charge in [-0.3, -0.25) is 4.79 Å². The van der Waals surface area contributed by atoms with Crippen LogP contribution in [-0.4, -0.2) is 27.5 Å². The smallest absolute Gasteiger partial charge is 0.247 e. The fourth-order valence-corrected chi connectivity index (χ4v) is 2.76. The predicted octanol–water partition coefficient (Wildman–Crippen LogP) is 0.0482. The Balaban J connectivity index is 2.48. The molecule has 1 aromatic rings. The molecule has 0 saturated carbocycles. The Morgan fingerprint density at radius 3 is 2.76 bits per heavy atom. The maximum Gasteiger partial charge on any atom is 0.247 e. The number of hydrogen-bond donors (Lipinski definition) is 2. The Kier molecular flexibility index (Phi) is 5.06. The summed E-state index contributed by atoms with van der Waals surface area (Å²) in [5.41, 5.74) is 0. The van der Waals surface area contributed by atoms with Crippen LogP contribution in [-0.2, 0) is 26.1 Å². The van der Waals surface area contributed by atoms with E-state index in [2.05, 4.69) is 5.32 Å². The molecule has 0 unspecified atom stereocenters. The van der Waals surface area contributed by atoms with Gasteiger partial charge in [-0.05, 0) is 19.1 Å². The first-order valence-corrected chi connectivity index (χ1v) is 7.25.